The molecule has 0 saturated carbocycles. The maximum absolute atomic E-state index is 14.0. The number of aromatic hydroxyl groups is 2. The van der Waals surface area contributed by atoms with Crippen molar-refractivity contribution in [1.82, 2.24) is 0 Å². The van der Waals surface area contributed by atoms with Gasteiger partial charge in [-0.1, -0.05) is 35.6 Å². The molecule has 0 atom stereocenters. The van der Waals surface area contributed by atoms with E-state index in [1.165, 1.54) is 37.4 Å². The van der Waals surface area contributed by atoms with Crippen LogP contribution in [0.3, 0.4) is 0 Å². The molecule has 0 spiro atoms. The molecule has 4 N–H and O–H groups in total. The van der Waals surface area contributed by atoms with Gasteiger partial charge in [0, 0.05) is 22.7 Å². The Hall–Kier alpha value is -3.50. The van der Waals surface area contributed by atoms with Crippen molar-refractivity contribution in [3.8, 4) is 21.3 Å². The first-order valence-electron chi connectivity index (χ1n) is 9.08. The number of benzene rings is 2. The summed E-state index contributed by atoms with van der Waals surface area (Å²) in [5, 5.41) is 31.4. The summed E-state index contributed by atoms with van der Waals surface area (Å²) < 4.78 is 28.5. The SMILES string of the molecule is CNc1c(O)sc(-c2ccc(C)c(F)c2F)c1C(=O)O.O=Cc1sc2ccccc2c1O. The van der Waals surface area contributed by atoms with Crippen molar-refractivity contribution < 1.29 is 33.7 Å². The molecule has 2 aromatic heterocycles. The zero-order valence-corrected chi connectivity index (χ0v) is 18.4. The van der Waals surface area contributed by atoms with Crippen LogP contribution in [0.15, 0.2) is 36.4 Å². The van der Waals surface area contributed by atoms with Crippen molar-refractivity contribution >= 4 is 50.7 Å². The van der Waals surface area contributed by atoms with E-state index >= 15 is 0 Å². The highest BCUT2D eigenvalue weighted by Crippen LogP contribution is 2.45. The Morgan fingerprint density at radius 2 is 1.75 bits per heavy atom. The van der Waals surface area contributed by atoms with E-state index in [9.17, 15) is 33.7 Å². The number of aryl methyl sites for hydroxylation is 1. The zero-order chi connectivity index (χ0) is 23.6. The molecule has 166 valence electrons. The molecule has 0 bridgehead atoms. The highest BCUT2D eigenvalue weighted by molar-refractivity contribution is 7.21. The standard InChI is InChI=1S/C13H11F2NO3S.C9H6O2S/c1-5-3-4-6(9(15)8(5)14)11-7(12(17)18)10(16-2)13(19)20-11;10-5-8-9(11)6-3-1-2-4-7(6)12-8/h3-4,16,19H,1-2H3,(H,17,18);1-5,11H. The molecule has 4 rings (SSSR count). The van der Waals surface area contributed by atoms with Crippen molar-refractivity contribution in [2.45, 2.75) is 6.92 Å². The molecule has 0 fully saturated rings. The number of anilines is 1. The van der Waals surface area contributed by atoms with Gasteiger partial charge in [0.05, 0.1) is 4.88 Å². The van der Waals surface area contributed by atoms with Crippen LogP contribution < -0.4 is 5.32 Å². The predicted molar refractivity (Wildman–Crippen MR) is 121 cm³/mol. The third-order valence-corrected chi connectivity index (χ3v) is 6.69. The van der Waals surface area contributed by atoms with E-state index in [0.717, 1.165) is 10.1 Å². The van der Waals surface area contributed by atoms with Gasteiger partial charge in [-0.2, -0.15) is 0 Å². The lowest BCUT2D eigenvalue weighted by Crippen LogP contribution is -2.02. The Labute approximate surface area is 189 Å². The molecule has 0 radical (unpaired) electrons. The summed E-state index contributed by atoms with van der Waals surface area (Å²) in [4.78, 5) is 22.1. The number of nitrogens with one attached hydrogen (secondary N) is 1. The van der Waals surface area contributed by atoms with Crippen LogP contribution in [-0.4, -0.2) is 34.6 Å². The monoisotopic (exact) mass is 477 g/mol. The van der Waals surface area contributed by atoms with Crippen molar-refractivity contribution in [3.63, 3.8) is 0 Å². The molecule has 2 heterocycles. The van der Waals surface area contributed by atoms with Gasteiger partial charge >= 0.3 is 5.97 Å². The average molecular weight is 478 g/mol. The van der Waals surface area contributed by atoms with Crippen molar-refractivity contribution in [1.29, 1.82) is 0 Å². The molecular formula is C22H17F2NO5S2. The number of aromatic carboxylic acids is 1. The maximum Gasteiger partial charge on any atom is 0.339 e. The fraction of sp³-hybridized carbons (Fsp3) is 0.0909. The van der Waals surface area contributed by atoms with E-state index < -0.39 is 17.6 Å². The molecule has 0 unspecified atom stereocenters. The molecule has 10 heteroatoms. The van der Waals surface area contributed by atoms with Gasteiger partial charge in [-0.25, -0.2) is 13.6 Å². The quantitative estimate of drug-likeness (QED) is 0.274. The first-order chi connectivity index (χ1) is 15.2. The number of aldehydes is 1. The van der Waals surface area contributed by atoms with Gasteiger partial charge in [0.15, 0.2) is 23.0 Å². The summed E-state index contributed by atoms with van der Waals surface area (Å²) in [6.45, 7) is 1.41. The molecular weight excluding hydrogens is 460 g/mol. The number of carboxylic acids is 1. The lowest BCUT2D eigenvalue weighted by Gasteiger charge is -2.06. The summed E-state index contributed by atoms with van der Waals surface area (Å²) in [5.41, 5.74) is -0.361. The molecule has 0 aliphatic heterocycles. The number of carboxylic acid groups (broad SMARTS) is 1. The van der Waals surface area contributed by atoms with Crippen LogP contribution in [-0.2, 0) is 0 Å². The van der Waals surface area contributed by atoms with Crippen LogP contribution >= 0.6 is 22.7 Å². The second-order valence-corrected chi connectivity index (χ2v) is 8.61. The maximum atomic E-state index is 14.0. The Balaban J connectivity index is 0.000000204. The van der Waals surface area contributed by atoms with E-state index in [0.29, 0.717) is 22.5 Å². The van der Waals surface area contributed by atoms with E-state index in [1.807, 2.05) is 18.2 Å². The molecule has 0 aliphatic rings. The molecule has 6 nitrogen and oxygen atoms in total. The summed E-state index contributed by atoms with van der Waals surface area (Å²) in [5.74, 6) is -3.39. The summed E-state index contributed by atoms with van der Waals surface area (Å²) in [7, 11) is 1.43. The minimum absolute atomic E-state index is 0.0158. The highest BCUT2D eigenvalue weighted by Gasteiger charge is 2.26. The lowest BCUT2D eigenvalue weighted by molar-refractivity contribution is 0.0698. The highest BCUT2D eigenvalue weighted by atomic mass is 32.1. The Morgan fingerprint density at radius 1 is 1.06 bits per heavy atom. The number of carbonyl (C=O) groups is 2. The number of fused-ring (bicyclic) bond motifs is 1. The Morgan fingerprint density at radius 3 is 2.34 bits per heavy atom. The van der Waals surface area contributed by atoms with E-state index in [2.05, 4.69) is 5.32 Å². The summed E-state index contributed by atoms with van der Waals surface area (Å²) in [6, 6.07) is 10.1. The normalized spacial score (nSPS) is 10.5. The van der Waals surface area contributed by atoms with E-state index in [1.54, 1.807) is 6.07 Å². The minimum atomic E-state index is -1.33. The topological polar surface area (TPSA) is 107 Å². The average Bonchev–Trinajstić information content (AvgIpc) is 3.29. The van der Waals surface area contributed by atoms with Crippen LogP contribution in [0.1, 0.15) is 25.6 Å². The van der Waals surface area contributed by atoms with Crippen LogP contribution in [0.5, 0.6) is 10.8 Å². The van der Waals surface area contributed by atoms with Gasteiger partial charge in [0.25, 0.3) is 0 Å². The second-order valence-electron chi connectivity index (χ2n) is 6.53. The number of rotatable bonds is 4. The Kier molecular flexibility index (Phi) is 6.75. The third-order valence-electron chi connectivity index (χ3n) is 4.58. The van der Waals surface area contributed by atoms with E-state index in [-0.39, 0.29) is 38.1 Å². The minimum Gasteiger partial charge on any atom is -0.506 e. The number of carbonyl (C=O) groups excluding carboxylic acids is 1. The van der Waals surface area contributed by atoms with Gasteiger partial charge in [0.1, 0.15) is 21.9 Å². The number of thiophene rings is 2. The molecule has 0 amide bonds. The lowest BCUT2D eigenvalue weighted by atomic mass is 10.1. The third kappa shape index (κ3) is 4.14. The van der Waals surface area contributed by atoms with Gasteiger partial charge < -0.3 is 20.6 Å². The zero-order valence-electron chi connectivity index (χ0n) is 16.8. The van der Waals surface area contributed by atoms with Crippen LogP contribution in [0.4, 0.5) is 14.5 Å². The number of halogens is 2. The Bertz CT molecular complexity index is 1330. The van der Waals surface area contributed by atoms with Crippen molar-refractivity contribution in [2.24, 2.45) is 0 Å². The molecule has 2 aromatic carbocycles. The predicted octanol–water partition coefficient (Wildman–Crippen LogP) is 5.87. The fourth-order valence-corrected chi connectivity index (χ4v) is 4.97. The van der Waals surface area contributed by atoms with Gasteiger partial charge in [-0.15, -0.1) is 11.3 Å². The smallest absolute Gasteiger partial charge is 0.339 e. The second kappa shape index (κ2) is 9.33. The van der Waals surface area contributed by atoms with Crippen LogP contribution in [0.2, 0.25) is 0 Å². The van der Waals surface area contributed by atoms with Crippen molar-refractivity contribution in [2.75, 3.05) is 12.4 Å². The molecule has 0 aliphatic carbocycles. The van der Waals surface area contributed by atoms with Gasteiger partial charge in [-0.3, -0.25) is 4.79 Å². The number of hydrogen-bond donors (Lipinski definition) is 4. The van der Waals surface area contributed by atoms with Crippen molar-refractivity contribution in [3.05, 3.63) is 64.0 Å². The largest absolute Gasteiger partial charge is 0.506 e. The van der Waals surface area contributed by atoms with Gasteiger partial charge in [0.2, 0.25) is 0 Å². The summed E-state index contributed by atoms with van der Waals surface area (Å²) >= 11 is 1.99. The number of hydrogen-bond acceptors (Lipinski definition) is 7. The van der Waals surface area contributed by atoms with Gasteiger partial charge in [-0.05, 0) is 24.6 Å². The van der Waals surface area contributed by atoms with Crippen LogP contribution in [0.25, 0.3) is 20.5 Å². The van der Waals surface area contributed by atoms with Crippen LogP contribution in [0, 0.1) is 18.6 Å². The van der Waals surface area contributed by atoms with E-state index in [4.69, 9.17) is 0 Å². The molecule has 0 saturated heterocycles. The summed E-state index contributed by atoms with van der Waals surface area (Å²) in [6.07, 6.45) is 0.681. The first kappa shape index (κ1) is 23.2. The molecule has 32 heavy (non-hydrogen) atoms. The fourth-order valence-electron chi connectivity index (χ4n) is 3.00. The first-order valence-corrected chi connectivity index (χ1v) is 10.7. The molecule has 4 aromatic rings.